The summed E-state index contributed by atoms with van der Waals surface area (Å²) in [6.07, 6.45) is 3.30. The fraction of sp³-hybridized carbons (Fsp3) is 0.933. The molecule has 0 radical (unpaired) electrons. The van der Waals surface area contributed by atoms with Crippen LogP contribution in [-0.4, -0.2) is 74.4 Å². The zero-order valence-electron chi connectivity index (χ0n) is 12.8. The van der Waals surface area contributed by atoms with Gasteiger partial charge in [-0.1, -0.05) is 6.42 Å². The molecule has 1 N–H and O–H groups in total. The highest BCUT2D eigenvalue weighted by Crippen LogP contribution is 2.32. The summed E-state index contributed by atoms with van der Waals surface area (Å²) in [7, 11) is 3.78. The van der Waals surface area contributed by atoms with Crippen LogP contribution in [0.4, 0.5) is 0 Å². The Balaban J connectivity index is 1.83. The summed E-state index contributed by atoms with van der Waals surface area (Å²) >= 11 is 0. The molecule has 0 aromatic carbocycles. The van der Waals surface area contributed by atoms with E-state index in [1.807, 2.05) is 4.90 Å². The second kappa shape index (κ2) is 7.38. The maximum Gasteiger partial charge on any atom is 0.225 e. The fourth-order valence-corrected chi connectivity index (χ4v) is 3.18. The molecule has 1 aliphatic carbocycles. The number of aliphatic hydroxyl groups is 1. The molecule has 1 aliphatic heterocycles. The third-order valence-corrected chi connectivity index (χ3v) is 4.80. The van der Waals surface area contributed by atoms with Crippen LogP contribution in [0.15, 0.2) is 0 Å². The molecule has 20 heavy (non-hydrogen) atoms. The first-order chi connectivity index (χ1) is 9.65. The molecule has 116 valence electrons. The van der Waals surface area contributed by atoms with Crippen LogP contribution in [0, 0.1) is 17.8 Å². The lowest BCUT2D eigenvalue weighted by Crippen LogP contribution is -2.38. The van der Waals surface area contributed by atoms with Gasteiger partial charge >= 0.3 is 0 Å². The Morgan fingerprint density at radius 2 is 2.05 bits per heavy atom. The molecule has 0 bridgehead atoms. The van der Waals surface area contributed by atoms with Crippen LogP contribution < -0.4 is 0 Å². The molecular formula is C15H28N2O3. The van der Waals surface area contributed by atoms with Gasteiger partial charge in [0.25, 0.3) is 0 Å². The fourth-order valence-electron chi connectivity index (χ4n) is 3.18. The molecule has 2 rings (SSSR count). The molecule has 2 fully saturated rings. The van der Waals surface area contributed by atoms with Gasteiger partial charge in [0.1, 0.15) is 0 Å². The average Bonchev–Trinajstić information content (AvgIpc) is 2.77. The summed E-state index contributed by atoms with van der Waals surface area (Å²) in [5.74, 6) is 1.19. The molecule has 0 aromatic heterocycles. The predicted octanol–water partition coefficient (Wildman–Crippen LogP) is 0.432. The van der Waals surface area contributed by atoms with E-state index in [0.717, 1.165) is 45.6 Å². The average molecular weight is 284 g/mol. The van der Waals surface area contributed by atoms with Crippen LogP contribution in [0.2, 0.25) is 0 Å². The third-order valence-electron chi connectivity index (χ3n) is 4.80. The molecule has 0 unspecified atom stereocenters. The van der Waals surface area contributed by atoms with Gasteiger partial charge in [-0.15, -0.1) is 0 Å². The summed E-state index contributed by atoms with van der Waals surface area (Å²) in [5.41, 5.74) is 0. The van der Waals surface area contributed by atoms with Gasteiger partial charge in [0.05, 0.1) is 6.61 Å². The highest BCUT2D eigenvalue weighted by atomic mass is 16.5. The van der Waals surface area contributed by atoms with Gasteiger partial charge < -0.3 is 19.6 Å². The summed E-state index contributed by atoms with van der Waals surface area (Å²) in [6.45, 7) is 4.24. The largest absolute Gasteiger partial charge is 0.396 e. The van der Waals surface area contributed by atoms with Crippen LogP contribution in [0.1, 0.15) is 19.3 Å². The predicted molar refractivity (Wildman–Crippen MR) is 77.4 cm³/mol. The van der Waals surface area contributed by atoms with Crippen LogP contribution >= 0.6 is 0 Å². The molecule has 1 amide bonds. The van der Waals surface area contributed by atoms with Crippen molar-refractivity contribution in [3.8, 4) is 0 Å². The van der Waals surface area contributed by atoms with Crippen molar-refractivity contribution >= 4 is 5.91 Å². The van der Waals surface area contributed by atoms with Crippen LogP contribution in [0.5, 0.6) is 0 Å². The molecule has 1 saturated carbocycles. The Morgan fingerprint density at radius 1 is 1.35 bits per heavy atom. The minimum atomic E-state index is 0.178. The first-order valence-electron chi connectivity index (χ1n) is 7.72. The van der Waals surface area contributed by atoms with E-state index in [4.69, 9.17) is 4.74 Å². The number of rotatable bonds is 7. The minimum Gasteiger partial charge on any atom is -0.396 e. The van der Waals surface area contributed by atoms with Crippen molar-refractivity contribution in [3.63, 3.8) is 0 Å². The molecule has 1 heterocycles. The number of methoxy groups -OCH3 is 1. The maximum atomic E-state index is 12.3. The van der Waals surface area contributed by atoms with Crippen LogP contribution in [-0.2, 0) is 9.53 Å². The van der Waals surface area contributed by atoms with Crippen molar-refractivity contribution in [1.82, 2.24) is 9.80 Å². The monoisotopic (exact) mass is 284 g/mol. The summed E-state index contributed by atoms with van der Waals surface area (Å²) in [5, 5.41) is 9.55. The summed E-state index contributed by atoms with van der Waals surface area (Å²) < 4.78 is 5.09. The summed E-state index contributed by atoms with van der Waals surface area (Å²) in [6, 6.07) is 0. The van der Waals surface area contributed by atoms with E-state index >= 15 is 0 Å². The van der Waals surface area contributed by atoms with Crippen molar-refractivity contribution in [3.05, 3.63) is 0 Å². The SMILES string of the molecule is COCCN(C)C[C@@H]1CN(C(=O)C2CCC2)C[C@@H]1CO. The topological polar surface area (TPSA) is 53.0 Å². The second-order valence-corrected chi connectivity index (χ2v) is 6.33. The number of aliphatic hydroxyl groups excluding tert-OH is 1. The summed E-state index contributed by atoms with van der Waals surface area (Å²) in [4.78, 5) is 16.5. The van der Waals surface area contributed by atoms with Crippen molar-refractivity contribution < 1.29 is 14.6 Å². The van der Waals surface area contributed by atoms with E-state index in [0.29, 0.717) is 11.8 Å². The number of hydrogen-bond acceptors (Lipinski definition) is 4. The molecule has 1 saturated heterocycles. The molecule has 5 heteroatoms. The quantitative estimate of drug-likeness (QED) is 0.737. The number of nitrogens with zero attached hydrogens (tertiary/aromatic N) is 2. The van der Waals surface area contributed by atoms with Gasteiger partial charge in [0, 0.05) is 51.7 Å². The van der Waals surface area contributed by atoms with Gasteiger partial charge in [-0.2, -0.15) is 0 Å². The highest BCUT2D eigenvalue weighted by Gasteiger charge is 2.38. The van der Waals surface area contributed by atoms with Crippen molar-refractivity contribution in [2.75, 3.05) is 53.6 Å². The zero-order chi connectivity index (χ0) is 14.5. The van der Waals surface area contributed by atoms with Crippen molar-refractivity contribution in [2.45, 2.75) is 19.3 Å². The Labute approximate surface area is 121 Å². The lowest BCUT2D eigenvalue weighted by atomic mass is 9.84. The normalized spacial score (nSPS) is 27.1. The van der Waals surface area contributed by atoms with Gasteiger partial charge in [-0.05, 0) is 25.8 Å². The Morgan fingerprint density at radius 3 is 2.60 bits per heavy atom. The molecule has 2 atom stereocenters. The Kier molecular flexibility index (Phi) is 5.81. The van der Waals surface area contributed by atoms with E-state index < -0.39 is 0 Å². The molecule has 0 aromatic rings. The maximum absolute atomic E-state index is 12.3. The number of carbonyl (C=O) groups is 1. The van der Waals surface area contributed by atoms with E-state index in [2.05, 4.69) is 11.9 Å². The van der Waals surface area contributed by atoms with Crippen molar-refractivity contribution in [1.29, 1.82) is 0 Å². The Hall–Kier alpha value is -0.650. The molecule has 5 nitrogen and oxygen atoms in total. The Bertz CT molecular complexity index is 320. The van der Waals surface area contributed by atoms with Crippen LogP contribution in [0.25, 0.3) is 0 Å². The number of likely N-dealkylation sites (N-methyl/N-ethyl adjacent to an activating group) is 1. The van der Waals surface area contributed by atoms with Crippen LogP contribution in [0.3, 0.4) is 0 Å². The van der Waals surface area contributed by atoms with E-state index in [9.17, 15) is 9.90 Å². The number of amides is 1. The lowest BCUT2D eigenvalue weighted by Gasteiger charge is -2.29. The smallest absolute Gasteiger partial charge is 0.225 e. The number of likely N-dealkylation sites (tertiary alicyclic amines) is 1. The zero-order valence-corrected chi connectivity index (χ0v) is 12.8. The lowest BCUT2D eigenvalue weighted by molar-refractivity contribution is -0.137. The van der Waals surface area contributed by atoms with Gasteiger partial charge in [-0.25, -0.2) is 0 Å². The second-order valence-electron chi connectivity index (χ2n) is 6.33. The first kappa shape index (κ1) is 15.7. The van der Waals surface area contributed by atoms with Gasteiger partial charge in [-0.3, -0.25) is 4.79 Å². The van der Waals surface area contributed by atoms with E-state index in [-0.39, 0.29) is 18.4 Å². The standard InChI is InChI=1S/C15H28N2O3/c1-16(6-7-20-2)8-13-9-17(10-14(13)11-18)15(19)12-4-3-5-12/h12-14,18H,3-11H2,1-2H3/t13-,14-/m1/s1. The molecule has 2 aliphatic rings. The molecule has 0 spiro atoms. The number of ether oxygens (including phenoxy) is 1. The highest BCUT2D eigenvalue weighted by molar-refractivity contribution is 5.79. The van der Waals surface area contributed by atoms with Gasteiger partial charge in [0.15, 0.2) is 0 Å². The first-order valence-corrected chi connectivity index (χ1v) is 7.72. The van der Waals surface area contributed by atoms with E-state index in [1.54, 1.807) is 7.11 Å². The number of carbonyl (C=O) groups excluding carboxylic acids is 1. The third kappa shape index (κ3) is 3.71. The number of hydrogen-bond donors (Lipinski definition) is 1. The molecular weight excluding hydrogens is 256 g/mol. The van der Waals surface area contributed by atoms with Crippen molar-refractivity contribution in [2.24, 2.45) is 17.8 Å². The van der Waals surface area contributed by atoms with Gasteiger partial charge in [0.2, 0.25) is 5.91 Å². The minimum absolute atomic E-state index is 0.178. The van der Waals surface area contributed by atoms with E-state index in [1.165, 1.54) is 6.42 Å².